The molecule has 0 aliphatic carbocycles. The van der Waals surface area contributed by atoms with E-state index in [0.29, 0.717) is 18.8 Å². The summed E-state index contributed by atoms with van der Waals surface area (Å²) >= 11 is 0. The summed E-state index contributed by atoms with van der Waals surface area (Å²) in [6.07, 6.45) is 2.88. The number of benzene rings is 1. The van der Waals surface area contributed by atoms with E-state index in [-0.39, 0.29) is 5.82 Å². The lowest BCUT2D eigenvalue weighted by Crippen LogP contribution is -2.25. The zero-order valence-electron chi connectivity index (χ0n) is 10.2. The molecule has 2 N–H and O–H groups in total. The number of hydrogen-bond donors (Lipinski definition) is 2. The van der Waals surface area contributed by atoms with Crippen molar-refractivity contribution in [2.45, 2.75) is 19.6 Å². The van der Waals surface area contributed by atoms with Crippen molar-refractivity contribution in [3.8, 4) is 0 Å². The SMILES string of the molecule is Cc1ccc(F)cc1NCC(O)Cn1cccn1. The van der Waals surface area contributed by atoms with Gasteiger partial charge >= 0.3 is 0 Å². The molecule has 1 aromatic carbocycles. The zero-order valence-corrected chi connectivity index (χ0v) is 10.2. The highest BCUT2D eigenvalue weighted by Gasteiger charge is 2.06. The van der Waals surface area contributed by atoms with Gasteiger partial charge in [-0.25, -0.2) is 4.39 Å². The molecule has 0 fully saturated rings. The number of aryl methyl sites for hydroxylation is 1. The van der Waals surface area contributed by atoms with Crippen LogP contribution >= 0.6 is 0 Å². The summed E-state index contributed by atoms with van der Waals surface area (Å²) in [7, 11) is 0. The smallest absolute Gasteiger partial charge is 0.125 e. The molecule has 18 heavy (non-hydrogen) atoms. The van der Waals surface area contributed by atoms with Crippen molar-refractivity contribution in [2.24, 2.45) is 0 Å². The second kappa shape index (κ2) is 5.64. The molecule has 2 aromatic rings. The first-order valence-electron chi connectivity index (χ1n) is 5.80. The Labute approximate surface area is 105 Å². The Kier molecular flexibility index (Phi) is 3.94. The molecule has 0 amide bonds. The summed E-state index contributed by atoms with van der Waals surface area (Å²) < 4.78 is 14.7. The van der Waals surface area contributed by atoms with Crippen molar-refractivity contribution in [1.82, 2.24) is 9.78 Å². The minimum atomic E-state index is -0.576. The van der Waals surface area contributed by atoms with Crippen molar-refractivity contribution in [3.63, 3.8) is 0 Å². The normalized spacial score (nSPS) is 12.4. The number of aromatic nitrogens is 2. The van der Waals surface area contributed by atoms with Crippen LogP contribution in [-0.2, 0) is 6.54 Å². The Bertz CT molecular complexity index is 499. The van der Waals surface area contributed by atoms with Crippen molar-refractivity contribution >= 4 is 5.69 Å². The van der Waals surface area contributed by atoms with Gasteiger partial charge < -0.3 is 10.4 Å². The number of aliphatic hydroxyl groups is 1. The third kappa shape index (κ3) is 3.30. The molecular formula is C13H16FN3O. The number of aliphatic hydroxyl groups excluding tert-OH is 1. The lowest BCUT2D eigenvalue weighted by Gasteiger charge is -2.14. The van der Waals surface area contributed by atoms with Gasteiger partial charge in [0.1, 0.15) is 5.82 Å². The first-order valence-corrected chi connectivity index (χ1v) is 5.80. The number of rotatable bonds is 5. The van der Waals surface area contributed by atoms with Crippen LogP contribution in [0.5, 0.6) is 0 Å². The van der Waals surface area contributed by atoms with Crippen molar-refractivity contribution in [1.29, 1.82) is 0 Å². The van der Waals surface area contributed by atoms with Crippen LogP contribution in [0.1, 0.15) is 5.56 Å². The fraction of sp³-hybridized carbons (Fsp3) is 0.308. The van der Waals surface area contributed by atoms with E-state index in [1.165, 1.54) is 12.1 Å². The van der Waals surface area contributed by atoms with Crippen LogP contribution in [0.2, 0.25) is 0 Å². The van der Waals surface area contributed by atoms with Crippen LogP contribution in [-0.4, -0.2) is 27.5 Å². The van der Waals surface area contributed by atoms with E-state index in [9.17, 15) is 9.50 Å². The van der Waals surface area contributed by atoms with E-state index in [1.54, 1.807) is 29.2 Å². The second-order valence-electron chi connectivity index (χ2n) is 4.22. The molecule has 0 saturated carbocycles. The van der Waals surface area contributed by atoms with Gasteiger partial charge in [0.25, 0.3) is 0 Å². The molecular weight excluding hydrogens is 233 g/mol. The van der Waals surface area contributed by atoms with Crippen LogP contribution in [0.4, 0.5) is 10.1 Å². The van der Waals surface area contributed by atoms with Crippen LogP contribution in [0.3, 0.4) is 0 Å². The summed E-state index contributed by atoms with van der Waals surface area (Å²) in [5, 5.41) is 16.9. The minimum absolute atomic E-state index is 0.287. The number of hydrogen-bond acceptors (Lipinski definition) is 3. The van der Waals surface area contributed by atoms with E-state index in [0.717, 1.165) is 5.56 Å². The lowest BCUT2D eigenvalue weighted by molar-refractivity contribution is 0.161. The fourth-order valence-corrected chi connectivity index (χ4v) is 1.70. The summed E-state index contributed by atoms with van der Waals surface area (Å²) in [5.74, 6) is -0.287. The van der Waals surface area contributed by atoms with Crippen LogP contribution in [0.15, 0.2) is 36.7 Å². The molecule has 0 bridgehead atoms. The predicted octanol–water partition coefficient (Wildman–Crippen LogP) is 1.80. The van der Waals surface area contributed by atoms with Crippen molar-refractivity contribution in [3.05, 3.63) is 48.0 Å². The largest absolute Gasteiger partial charge is 0.389 e. The average Bonchev–Trinajstić information content (AvgIpc) is 2.83. The molecule has 0 saturated heterocycles. The molecule has 96 valence electrons. The van der Waals surface area contributed by atoms with Gasteiger partial charge in [0.15, 0.2) is 0 Å². The summed E-state index contributed by atoms with van der Waals surface area (Å²) in [6, 6.07) is 6.35. The van der Waals surface area contributed by atoms with Gasteiger partial charge in [0.05, 0.1) is 12.6 Å². The molecule has 4 nitrogen and oxygen atoms in total. The fourth-order valence-electron chi connectivity index (χ4n) is 1.70. The Balaban J connectivity index is 1.89. The minimum Gasteiger partial charge on any atom is -0.389 e. The third-order valence-electron chi connectivity index (χ3n) is 2.68. The molecule has 0 spiro atoms. The molecule has 2 rings (SSSR count). The number of nitrogens with one attached hydrogen (secondary N) is 1. The van der Waals surface area contributed by atoms with E-state index >= 15 is 0 Å². The predicted molar refractivity (Wildman–Crippen MR) is 67.9 cm³/mol. The molecule has 0 aliphatic heterocycles. The van der Waals surface area contributed by atoms with Gasteiger partial charge in [-0.05, 0) is 30.7 Å². The van der Waals surface area contributed by atoms with E-state index in [1.807, 2.05) is 6.92 Å². The Morgan fingerprint density at radius 1 is 1.50 bits per heavy atom. The number of halogens is 1. The van der Waals surface area contributed by atoms with Crippen LogP contribution in [0, 0.1) is 12.7 Å². The van der Waals surface area contributed by atoms with Crippen molar-refractivity contribution in [2.75, 3.05) is 11.9 Å². The van der Waals surface area contributed by atoms with Gasteiger partial charge in [0, 0.05) is 24.6 Å². The summed E-state index contributed by atoms with van der Waals surface area (Å²) in [5.41, 5.74) is 1.65. The Morgan fingerprint density at radius 2 is 2.33 bits per heavy atom. The molecule has 1 atom stereocenters. The topological polar surface area (TPSA) is 50.1 Å². The Hall–Kier alpha value is -1.88. The highest BCUT2D eigenvalue weighted by molar-refractivity contribution is 5.50. The summed E-state index contributed by atoms with van der Waals surface area (Å²) in [6.45, 7) is 2.65. The lowest BCUT2D eigenvalue weighted by atomic mass is 10.2. The van der Waals surface area contributed by atoms with Gasteiger partial charge in [0.2, 0.25) is 0 Å². The average molecular weight is 249 g/mol. The highest BCUT2D eigenvalue weighted by Crippen LogP contribution is 2.15. The van der Waals surface area contributed by atoms with E-state index in [2.05, 4.69) is 10.4 Å². The number of nitrogens with zero attached hydrogens (tertiary/aromatic N) is 2. The van der Waals surface area contributed by atoms with Crippen LogP contribution in [0.25, 0.3) is 0 Å². The molecule has 1 heterocycles. The zero-order chi connectivity index (χ0) is 13.0. The van der Waals surface area contributed by atoms with Gasteiger partial charge in [-0.2, -0.15) is 5.10 Å². The quantitative estimate of drug-likeness (QED) is 0.849. The standard InChI is InChI=1S/C13H16FN3O/c1-10-3-4-11(14)7-13(10)15-8-12(18)9-17-6-2-5-16-17/h2-7,12,15,18H,8-9H2,1H3. The summed E-state index contributed by atoms with van der Waals surface area (Å²) in [4.78, 5) is 0. The monoisotopic (exact) mass is 249 g/mol. The first kappa shape index (κ1) is 12.6. The van der Waals surface area contributed by atoms with Crippen molar-refractivity contribution < 1.29 is 9.50 Å². The molecule has 0 aliphatic rings. The molecule has 0 radical (unpaired) electrons. The maximum atomic E-state index is 13.1. The second-order valence-corrected chi connectivity index (χ2v) is 4.22. The van der Waals surface area contributed by atoms with Gasteiger partial charge in [-0.1, -0.05) is 6.07 Å². The molecule has 1 aromatic heterocycles. The van der Waals surface area contributed by atoms with Crippen LogP contribution < -0.4 is 5.32 Å². The first-order chi connectivity index (χ1) is 8.65. The van der Waals surface area contributed by atoms with Gasteiger partial charge in [-0.15, -0.1) is 0 Å². The van der Waals surface area contributed by atoms with E-state index < -0.39 is 6.10 Å². The molecule has 1 unspecified atom stereocenters. The number of anilines is 1. The van der Waals surface area contributed by atoms with Gasteiger partial charge in [-0.3, -0.25) is 4.68 Å². The highest BCUT2D eigenvalue weighted by atomic mass is 19.1. The Morgan fingerprint density at radius 3 is 3.06 bits per heavy atom. The maximum absolute atomic E-state index is 13.1. The van der Waals surface area contributed by atoms with E-state index in [4.69, 9.17) is 0 Å². The molecule has 5 heteroatoms. The third-order valence-corrected chi connectivity index (χ3v) is 2.68. The maximum Gasteiger partial charge on any atom is 0.125 e.